The minimum absolute atomic E-state index is 0.0153. The Hall–Kier alpha value is -6.76. The maximum absolute atomic E-state index is 7.21. The Bertz CT molecular complexity index is 3960. The number of furan rings is 2. The Morgan fingerprint density at radius 1 is 0.516 bits per heavy atom. The molecule has 0 unspecified atom stereocenters. The molecule has 0 aliphatic carbocycles. The number of fused-ring (bicyclic) bond motifs is 19. The highest BCUT2D eigenvalue weighted by molar-refractivity contribution is 7.26. The average Bonchev–Trinajstić information content (AvgIpc) is 4.02. The van der Waals surface area contributed by atoms with E-state index in [9.17, 15) is 0 Å². The van der Waals surface area contributed by atoms with Crippen LogP contribution < -0.4 is 15.7 Å². The summed E-state index contributed by atoms with van der Waals surface area (Å²) >= 11 is 1.89. The number of aromatic nitrogens is 1. The van der Waals surface area contributed by atoms with Crippen molar-refractivity contribution >= 4 is 126 Å². The molecule has 62 heavy (non-hydrogen) atoms. The predicted molar refractivity (Wildman–Crippen MR) is 265 cm³/mol. The van der Waals surface area contributed by atoms with Crippen LogP contribution in [0.1, 0.15) is 52.7 Å². The van der Waals surface area contributed by atoms with Crippen LogP contribution in [0, 0.1) is 0 Å². The van der Waals surface area contributed by atoms with E-state index in [1.165, 1.54) is 86.2 Å². The fraction of sp³-hybridized carbons (Fsp3) is 0.143. The van der Waals surface area contributed by atoms with E-state index in [0.717, 1.165) is 49.9 Å². The maximum Gasteiger partial charge on any atom is 0.333 e. The summed E-state index contributed by atoms with van der Waals surface area (Å²) in [6.07, 6.45) is 0. The maximum atomic E-state index is 7.21. The predicted octanol–water partition coefficient (Wildman–Crippen LogP) is 14.8. The van der Waals surface area contributed by atoms with Crippen LogP contribution in [0.2, 0.25) is 0 Å². The highest BCUT2D eigenvalue weighted by Crippen LogP contribution is 2.53. The lowest BCUT2D eigenvalue weighted by Gasteiger charge is -2.42. The summed E-state index contributed by atoms with van der Waals surface area (Å²) in [7, 11) is 0. The molecular formula is C56H41BN2O2S. The van der Waals surface area contributed by atoms with Crippen molar-refractivity contribution < 1.29 is 8.83 Å². The lowest BCUT2D eigenvalue weighted by atomic mass is 9.43. The molecule has 14 rings (SSSR count). The third-order valence-electron chi connectivity index (χ3n) is 14.1. The van der Waals surface area contributed by atoms with E-state index in [-0.39, 0.29) is 17.7 Å². The summed E-state index contributed by atoms with van der Waals surface area (Å²) in [6.45, 7) is 13.7. The minimum Gasteiger partial charge on any atom is -0.456 e. The summed E-state index contributed by atoms with van der Waals surface area (Å²) in [5.74, 6) is 0. The molecule has 4 aromatic heterocycles. The molecule has 0 fully saturated rings. The van der Waals surface area contributed by atoms with Gasteiger partial charge in [0.05, 0.1) is 16.4 Å². The molecule has 0 atom stereocenters. The van der Waals surface area contributed by atoms with Gasteiger partial charge in [0.2, 0.25) is 0 Å². The first-order valence-electron chi connectivity index (χ1n) is 21.8. The molecule has 4 nitrogen and oxygen atoms in total. The highest BCUT2D eigenvalue weighted by atomic mass is 32.1. The standard InChI is InChI=1S/C56H41BN2O2S/c1-55(2,3)30-19-22-32(23-20-30)59-42-28-46-36(33-13-7-10-16-44(33)60-46)26-39(42)49-50-35-15-8-11-17-45(35)61-54(50)51-38-25-31(56(4,5)6)21-24-41(38)58-43-29-48-37(34-14-9-12-18-47(34)62-48)27-40(43)57(59)52(49)53(51)58/h7-29H,1-6H3. The fourth-order valence-electron chi connectivity index (χ4n) is 11.1. The van der Waals surface area contributed by atoms with Gasteiger partial charge in [-0.2, -0.15) is 0 Å². The van der Waals surface area contributed by atoms with Crippen LogP contribution in [-0.4, -0.2) is 11.4 Å². The lowest BCUT2D eigenvalue weighted by molar-refractivity contribution is 0.590. The number of thiophene rings is 1. The first-order chi connectivity index (χ1) is 30.0. The van der Waals surface area contributed by atoms with E-state index < -0.39 is 0 Å². The van der Waals surface area contributed by atoms with Crippen molar-refractivity contribution in [1.82, 2.24) is 4.57 Å². The van der Waals surface area contributed by atoms with Gasteiger partial charge in [-0.1, -0.05) is 120 Å². The summed E-state index contributed by atoms with van der Waals surface area (Å²) in [5.41, 5.74) is 17.2. The molecule has 6 heteroatoms. The van der Waals surface area contributed by atoms with Crippen LogP contribution in [0.3, 0.4) is 0 Å². The van der Waals surface area contributed by atoms with Crippen molar-refractivity contribution in [3.8, 4) is 16.8 Å². The third kappa shape index (κ3) is 4.42. The molecule has 12 aromatic rings. The minimum atomic E-state index is -0.169. The second kappa shape index (κ2) is 11.6. The lowest BCUT2D eigenvalue weighted by Crippen LogP contribution is -2.60. The number of nitrogens with zero attached hydrogens (tertiary/aromatic N) is 2. The Morgan fingerprint density at radius 3 is 1.98 bits per heavy atom. The van der Waals surface area contributed by atoms with Gasteiger partial charge in [-0.25, -0.2) is 0 Å². The van der Waals surface area contributed by atoms with Gasteiger partial charge in [-0.3, -0.25) is 0 Å². The number of benzene rings is 8. The molecule has 0 saturated heterocycles. The Morgan fingerprint density at radius 2 is 1.21 bits per heavy atom. The van der Waals surface area contributed by atoms with Crippen LogP contribution in [0.15, 0.2) is 148 Å². The first kappa shape index (κ1) is 34.9. The molecule has 296 valence electrons. The molecule has 6 heterocycles. The monoisotopic (exact) mass is 816 g/mol. The van der Waals surface area contributed by atoms with E-state index in [1.807, 2.05) is 11.3 Å². The second-order valence-electron chi connectivity index (χ2n) is 19.7. The summed E-state index contributed by atoms with van der Waals surface area (Å²) in [4.78, 5) is 2.63. The quantitative estimate of drug-likeness (QED) is 0.155. The number of anilines is 2. The van der Waals surface area contributed by atoms with Crippen molar-refractivity contribution in [1.29, 1.82) is 0 Å². The number of rotatable bonds is 1. The highest BCUT2D eigenvalue weighted by Gasteiger charge is 2.46. The Kier molecular flexibility index (Phi) is 6.52. The topological polar surface area (TPSA) is 34.5 Å². The first-order valence-corrected chi connectivity index (χ1v) is 22.6. The summed E-state index contributed by atoms with van der Waals surface area (Å²) < 4.78 is 19.1. The summed E-state index contributed by atoms with van der Waals surface area (Å²) in [5, 5.41) is 9.57. The number of hydrogen-bond acceptors (Lipinski definition) is 4. The Balaban J connectivity index is 1.24. The van der Waals surface area contributed by atoms with E-state index in [0.29, 0.717) is 0 Å². The third-order valence-corrected chi connectivity index (χ3v) is 15.2. The van der Waals surface area contributed by atoms with Crippen molar-refractivity contribution in [3.05, 3.63) is 151 Å². The van der Waals surface area contributed by atoms with Crippen LogP contribution >= 0.6 is 11.3 Å². The van der Waals surface area contributed by atoms with Crippen LogP contribution in [0.4, 0.5) is 11.4 Å². The van der Waals surface area contributed by atoms with E-state index in [1.54, 1.807) is 0 Å². The van der Waals surface area contributed by atoms with Gasteiger partial charge in [0.25, 0.3) is 0 Å². The smallest absolute Gasteiger partial charge is 0.333 e. The zero-order valence-corrected chi connectivity index (χ0v) is 36.3. The van der Waals surface area contributed by atoms with Gasteiger partial charge in [0.15, 0.2) is 0 Å². The van der Waals surface area contributed by atoms with Gasteiger partial charge in [-0.15, -0.1) is 11.3 Å². The molecule has 0 amide bonds. The van der Waals surface area contributed by atoms with Gasteiger partial charge in [-0.05, 0) is 93.0 Å². The zero-order valence-electron chi connectivity index (χ0n) is 35.5. The van der Waals surface area contributed by atoms with Crippen molar-refractivity contribution in [3.63, 3.8) is 0 Å². The molecule has 0 saturated carbocycles. The molecule has 2 aliphatic heterocycles. The van der Waals surface area contributed by atoms with Crippen molar-refractivity contribution in [2.24, 2.45) is 0 Å². The van der Waals surface area contributed by atoms with E-state index >= 15 is 0 Å². The molecule has 8 aromatic carbocycles. The summed E-state index contributed by atoms with van der Waals surface area (Å²) in [6, 6.07) is 52.3. The number of hydrogen-bond donors (Lipinski definition) is 0. The molecule has 0 spiro atoms. The second-order valence-corrected chi connectivity index (χ2v) is 20.8. The van der Waals surface area contributed by atoms with Gasteiger partial charge >= 0.3 is 6.85 Å². The van der Waals surface area contributed by atoms with Crippen LogP contribution in [0.25, 0.3) is 103 Å². The molecule has 0 radical (unpaired) electrons. The van der Waals surface area contributed by atoms with Gasteiger partial charge in [0.1, 0.15) is 22.3 Å². The zero-order chi connectivity index (χ0) is 41.6. The van der Waals surface area contributed by atoms with Crippen molar-refractivity contribution in [2.45, 2.75) is 52.4 Å². The number of para-hydroxylation sites is 2. The average molecular weight is 817 g/mol. The van der Waals surface area contributed by atoms with Crippen LogP contribution in [-0.2, 0) is 10.8 Å². The van der Waals surface area contributed by atoms with Gasteiger partial charge in [0, 0.05) is 75.8 Å². The van der Waals surface area contributed by atoms with Crippen molar-refractivity contribution in [2.75, 3.05) is 4.81 Å². The van der Waals surface area contributed by atoms with E-state index in [4.69, 9.17) is 8.83 Å². The molecular weight excluding hydrogens is 776 g/mol. The molecule has 0 N–H and O–H groups in total. The molecule has 2 aliphatic rings. The van der Waals surface area contributed by atoms with E-state index in [2.05, 4.69) is 190 Å². The Labute approximate surface area is 362 Å². The largest absolute Gasteiger partial charge is 0.456 e. The van der Waals surface area contributed by atoms with Gasteiger partial charge < -0.3 is 18.2 Å². The van der Waals surface area contributed by atoms with Crippen LogP contribution in [0.5, 0.6) is 0 Å². The normalized spacial score (nSPS) is 13.9. The molecule has 0 bridgehead atoms. The fourth-order valence-corrected chi connectivity index (χ4v) is 12.2. The SMILES string of the molecule is CC(C)(C)c1ccc(N2B3c4cc5c(cc4-n4c6ccc(C(C)(C)C)cc6c6c7oc8ccccc8c7c(c3c64)-c3cc4c(cc32)oc2ccccc24)sc2ccccc25)cc1.